The van der Waals surface area contributed by atoms with Crippen molar-refractivity contribution in [3.63, 3.8) is 0 Å². The highest BCUT2D eigenvalue weighted by Crippen LogP contribution is 2.22. The summed E-state index contributed by atoms with van der Waals surface area (Å²) in [5, 5.41) is 0. The van der Waals surface area contributed by atoms with E-state index in [1.165, 1.54) is 5.57 Å². The molecule has 0 N–H and O–H groups in total. The summed E-state index contributed by atoms with van der Waals surface area (Å²) in [4.78, 5) is 0. The third kappa shape index (κ3) is 1.25. The summed E-state index contributed by atoms with van der Waals surface area (Å²) in [6.07, 6.45) is 19.1. The van der Waals surface area contributed by atoms with E-state index in [9.17, 15) is 0 Å². The Bertz CT molecular complexity index is 285. The molecule has 1 unspecified atom stereocenters. The van der Waals surface area contributed by atoms with E-state index in [2.05, 4.69) is 48.6 Å². The Balaban J connectivity index is 2.35. The van der Waals surface area contributed by atoms with Crippen molar-refractivity contribution in [2.75, 3.05) is 0 Å². The second-order valence-electron chi connectivity index (χ2n) is 2.71. The van der Waals surface area contributed by atoms with Gasteiger partial charge < -0.3 is 0 Å². The molecule has 2 aliphatic carbocycles. The van der Waals surface area contributed by atoms with Gasteiger partial charge in [-0.05, 0) is 5.57 Å². The summed E-state index contributed by atoms with van der Waals surface area (Å²) < 4.78 is 0. The average Bonchev–Trinajstić information content (AvgIpc) is 2.35. The van der Waals surface area contributed by atoms with Gasteiger partial charge in [-0.2, -0.15) is 0 Å². The van der Waals surface area contributed by atoms with Crippen LogP contribution in [-0.2, 0) is 0 Å². The van der Waals surface area contributed by atoms with Crippen LogP contribution in [0, 0.1) is 5.92 Å². The molecule has 1 atom stereocenters. The number of allylic oxidation sites excluding steroid dienone is 10. The smallest absolute Gasteiger partial charge is 0.0204 e. The SMILES string of the molecule is C1=CC2/C=C\C=C/C=CC2=C1. The van der Waals surface area contributed by atoms with Crippen molar-refractivity contribution in [3.05, 3.63) is 60.3 Å². The lowest BCUT2D eigenvalue weighted by Crippen LogP contribution is -1.90. The molecule has 0 aromatic rings. The molecule has 0 aliphatic heterocycles. The van der Waals surface area contributed by atoms with Gasteiger partial charge in [-0.15, -0.1) is 0 Å². The predicted octanol–water partition coefficient (Wildman–Crippen LogP) is 2.78. The molecule has 0 aromatic heterocycles. The van der Waals surface area contributed by atoms with Gasteiger partial charge in [0.1, 0.15) is 0 Å². The number of hydrogen-bond donors (Lipinski definition) is 0. The second-order valence-corrected chi connectivity index (χ2v) is 2.71. The fourth-order valence-electron chi connectivity index (χ4n) is 1.33. The topological polar surface area (TPSA) is 0 Å². The molecule has 0 saturated heterocycles. The van der Waals surface area contributed by atoms with Crippen LogP contribution >= 0.6 is 0 Å². The molecule has 0 heterocycles. The van der Waals surface area contributed by atoms with Crippen LogP contribution in [0.4, 0.5) is 0 Å². The summed E-state index contributed by atoms with van der Waals surface area (Å²) in [6.45, 7) is 0. The molecule has 0 fully saturated rings. The monoisotopic (exact) mass is 142 g/mol. The normalized spacial score (nSPS) is 32.0. The second kappa shape index (κ2) is 2.75. The highest BCUT2D eigenvalue weighted by atomic mass is 14.1. The van der Waals surface area contributed by atoms with Crippen molar-refractivity contribution in [2.24, 2.45) is 5.92 Å². The van der Waals surface area contributed by atoms with Crippen LogP contribution in [0.3, 0.4) is 0 Å². The molecule has 0 nitrogen and oxygen atoms in total. The zero-order chi connectivity index (χ0) is 7.52. The Morgan fingerprint density at radius 2 is 1.64 bits per heavy atom. The maximum Gasteiger partial charge on any atom is 0.0204 e. The average molecular weight is 142 g/mol. The molecule has 0 bridgehead atoms. The first-order valence-electron chi connectivity index (χ1n) is 3.87. The maximum absolute atomic E-state index is 2.20. The Morgan fingerprint density at radius 3 is 2.64 bits per heavy atom. The molecule has 2 rings (SSSR count). The van der Waals surface area contributed by atoms with Crippen LogP contribution in [0.5, 0.6) is 0 Å². The molecule has 0 amide bonds. The zero-order valence-electron chi connectivity index (χ0n) is 6.27. The molecule has 0 spiro atoms. The van der Waals surface area contributed by atoms with Crippen molar-refractivity contribution in [3.8, 4) is 0 Å². The van der Waals surface area contributed by atoms with Crippen molar-refractivity contribution >= 4 is 0 Å². The van der Waals surface area contributed by atoms with Crippen LogP contribution in [0.1, 0.15) is 0 Å². The maximum atomic E-state index is 2.20. The van der Waals surface area contributed by atoms with Gasteiger partial charge in [-0.3, -0.25) is 0 Å². The summed E-state index contributed by atoms with van der Waals surface area (Å²) in [6, 6.07) is 0. The number of fused-ring (bicyclic) bond motifs is 1. The van der Waals surface area contributed by atoms with E-state index in [4.69, 9.17) is 0 Å². The van der Waals surface area contributed by atoms with E-state index in [0.29, 0.717) is 5.92 Å². The lowest BCUT2D eigenvalue weighted by Gasteiger charge is -2.04. The fourth-order valence-corrected chi connectivity index (χ4v) is 1.33. The first-order valence-corrected chi connectivity index (χ1v) is 3.87. The van der Waals surface area contributed by atoms with E-state index < -0.39 is 0 Å². The summed E-state index contributed by atoms with van der Waals surface area (Å²) in [7, 11) is 0. The lowest BCUT2D eigenvalue weighted by molar-refractivity contribution is 1.03. The first kappa shape index (κ1) is 6.41. The largest absolute Gasteiger partial charge is 0.0732 e. The highest BCUT2D eigenvalue weighted by molar-refractivity contribution is 5.41. The van der Waals surface area contributed by atoms with E-state index >= 15 is 0 Å². The molecule has 0 aromatic carbocycles. The molecule has 0 radical (unpaired) electrons. The van der Waals surface area contributed by atoms with Crippen molar-refractivity contribution in [1.82, 2.24) is 0 Å². The Labute approximate surface area is 66.9 Å². The van der Waals surface area contributed by atoms with Gasteiger partial charge in [-0.25, -0.2) is 0 Å². The van der Waals surface area contributed by atoms with Gasteiger partial charge in [0.05, 0.1) is 0 Å². The number of hydrogen-bond acceptors (Lipinski definition) is 0. The third-order valence-corrected chi connectivity index (χ3v) is 1.93. The first-order chi connectivity index (χ1) is 5.47. The standard InChI is InChI=1S/C11H10/c1-2-4-7-11-9-5-8-10(11)6-3-1/h1-10H/b2-1-,6-3-,7-4?. The summed E-state index contributed by atoms with van der Waals surface area (Å²) in [5.41, 5.74) is 1.38. The molecular formula is C11H10. The van der Waals surface area contributed by atoms with Gasteiger partial charge in [-0.1, -0.05) is 54.7 Å². The van der Waals surface area contributed by atoms with E-state index in [0.717, 1.165) is 0 Å². The van der Waals surface area contributed by atoms with E-state index in [1.54, 1.807) is 0 Å². The zero-order valence-corrected chi connectivity index (χ0v) is 6.27. The summed E-state index contributed by atoms with van der Waals surface area (Å²) in [5.74, 6) is 0.510. The van der Waals surface area contributed by atoms with Gasteiger partial charge >= 0.3 is 0 Å². The van der Waals surface area contributed by atoms with Gasteiger partial charge in [0.25, 0.3) is 0 Å². The Hall–Kier alpha value is -1.30. The third-order valence-electron chi connectivity index (χ3n) is 1.93. The Kier molecular flexibility index (Phi) is 1.60. The van der Waals surface area contributed by atoms with Gasteiger partial charge in [0, 0.05) is 5.92 Å². The van der Waals surface area contributed by atoms with Crippen LogP contribution in [0.15, 0.2) is 60.3 Å². The van der Waals surface area contributed by atoms with Crippen LogP contribution in [0.2, 0.25) is 0 Å². The summed E-state index contributed by atoms with van der Waals surface area (Å²) >= 11 is 0. The molecule has 2 aliphatic rings. The predicted molar refractivity (Wildman–Crippen MR) is 48.1 cm³/mol. The van der Waals surface area contributed by atoms with Crippen LogP contribution in [0.25, 0.3) is 0 Å². The van der Waals surface area contributed by atoms with E-state index in [1.807, 2.05) is 6.08 Å². The van der Waals surface area contributed by atoms with Gasteiger partial charge in [0.15, 0.2) is 0 Å². The lowest BCUT2D eigenvalue weighted by atomic mass is 10.0. The van der Waals surface area contributed by atoms with Crippen LogP contribution in [-0.4, -0.2) is 0 Å². The molecule has 54 valence electrons. The quantitative estimate of drug-likeness (QED) is 0.488. The van der Waals surface area contributed by atoms with Crippen molar-refractivity contribution < 1.29 is 0 Å². The van der Waals surface area contributed by atoms with Gasteiger partial charge in [0.2, 0.25) is 0 Å². The van der Waals surface area contributed by atoms with Crippen molar-refractivity contribution in [2.45, 2.75) is 0 Å². The van der Waals surface area contributed by atoms with E-state index in [-0.39, 0.29) is 0 Å². The molecular weight excluding hydrogens is 132 g/mol. The Morgan fingerprint density at radius 1 is 0.818 bits per heavy atom. The minimum Gasteiger partial charge on any atom is -0.0732 e. The molecule has 11 heavy (non-hydrogen) atoms. The number of rotatable bonds is 0. The fraction of sp³-hybridized carbons (Fsp3) is 0.0909. The molecule has 0 saturated carbocycles. The highest BCUT2D eigenvalue weighted by Gasteiger charge is 2.07. The van der Waals surface area contributed by atoms with Crippen LogP contribution < -0.4 is 0 Å². The minimum absolute atomic E-state index is 0.510. The van der Waals surface area contributed by atoms with Crippen molar-refractivity contribution in [1.29, 1.82) is 0 Å². The minimum atomic E-state index is 0.510. The molecule has 0 heteroatoms.